The Hall–Kier alpha value is -0.000000000000000111. The number of halogens is 3. The number of alkyl halides is 1. The van der Waals surface area contributed by atoms with Crippen molar-refractivity contribution >= 4 is 44.8 Å². The molecule has 0 aliphatic heterocycles. The largest absolute Gasteiger partial charge is 0.240 e. The fourth-order valence-electron chi connectivity index (χ4n) is 1.16. The van der Waals surface area contributed by atoms with Crippen LogP contribution in [0.15, 0.2) is 23.1 Å². The molecule has 0 heterocycles. The monoisotopic (exact) mass is 315 g/mol. The summed E-state index contributed by atoms with van der Waals surface area (Å²) >= 11 is 17.1. The lowest BCUT2D eigenvalue weighted by Crippen LogP contribution is -2.35. The normalized spacial score (nSPS) is 13.6. The average Bonchev–Trinajstić information content (AvgIpc) is 2.29. The molecule has 17 heavy (non-hydrogen) atoms. The minimum Gasteiger partial charge on any atom is -0.207 e. The Labute approximate surface area is 116 Å². The van der Waals surface area contributed by atoms with Gasteiger partial charge >= 0.3 is 0 Å². The van der Waals surface area contributed by atoms with Crippen LogP contribution >= 0.6 is 34.8 Å². The van der Waals surface area contributed by atoms with Crippen LogP contribution in [0.5, 0.6) is 0 Å². The highest BCUT2D eigenvalue weighted by Gasteiger charge is 2.19. The first-order valence-electron chi connectivity index (χ1n) is 4.94. The van der Waals surface area contributed by atoms with Crippen molar-refractivity contribution in [2.75, 3.05) is 5.88 Å². The van der Waals surface area contributed by atoms with E-state index in [1.807, 2.05) is 6.92 Å². The Morgan fingerprint density at radius 2 is 1.94 bits per heavy atom. The molecule has 96 valence electrons. The lowest BCUT2D eigenvalue weighted by atomic mass is 10.3. The maximum atomic E-state index is 12.0. The van der Waals surface area contributed by atoms with Gasteiger partial charge in [0.25, 0.3) is 0 Å². The molecule has 0 aliphatic carbocycles. The summed E-state index contributed by atoms with van der Waals surface area (Å²) in [7, 11) is -3.60. The van der Waals surface area contributed by atoms with Crippen LogP contribution in [0.3, 0.4) is 0 Å². The maximum Gasteiger partial charge on any atom is 0.240 e. The van der Waals surface area contributed by atoms with Gasteiger partial charge < -0.3 is 0 Å². The Morgan fingerprint density at radius 1 is 1.29 bits per heavy atom. The van der Waals surface area contributed by atoms with E-state index >= 15 is 0 Å². The summed E-state index contributed by atoms with van der Waals surface area (Å²) in [5.41, 5.74) is 0. The predicted molar refractivity (Wildman–Crippen MR) is 71.6 cm³/mol. The van der Waals surface area contributed by atoms with E-state index in [1.54, 1.807) is 0 Å². The summed E-state index contributed by atoms with van der Waals surface area (Å²) < 4.78 is 26.4. The summed E-state index contributed by atoms with van der Waals surface area (Å²) in [4.78, 5) is 0.0791. The van der Waals surface area contributed by atoms with Gasteiger partial charge in [0.1, 0.15) is 0 Å². The molecule has 0 bridgehead atoms. The Kier molecular flexibility index (Phi) is 5.54. The SMILES string of the molecule is CCC(CCl)NS(=O)(=O)c1ccc(Cl)c(Cl)c1. The van der Waals surface area contributed by atoms with Gasteiger partial charge in [-0.2, -0.15) is 0 Å². The van der Waals surface area contributed by atoms with Crippen molar-refractivity contribution in [1.29, 1.82) is 0 Å². The summed E-state index contributed by atoms with van der Waals surface area (Å²) in [6, 6.07) is 3.86. The second-order valence-corrected chi connectivity index (χ2v) is 6.29. The molecule has 0 fully saturated rings. The van der Waals surface area contributed by atoms with E-state index in [9.17, 15) is 8.42 Å². The molecule has 0 saturated heterocycles. The van der Waals surface area contributed by atoms with Gasteiger partial charge in [0.05, 0.1) is 14.9 Å². The van der Waals surface area contributed by atoms with Gasteiger partial charge in [-0.25, -0.2) is 13.1 Å². The van der Waals surface area contributed by atoms with Crippen LogP contribution in [0.2, 0.25) is 10.0 Å². The molecule has 0 aliphatic rings. The fourth-order valence-corrected chi connectivity index (χ4v) is 3.25. The van der Waals surface area contributed by atoms with Crippen LogP contribution in [0, 0.1) is 0 Å². The number of hydrogen-bond acceptors (Lipinski definition) is 2. The van der Waals surface area contributed by atoms with E-state index in [1.165, 1.54) is 18.2 Å². The summed E-state index contributed by atoms with van der Waals surface area (Å²) in [6.45, 7) is 1.85. The fraction of sp³-hybridized carbons (Fsp3) is 0.400. The zero-order valence-electron chi connectivity index (χ0n) is 9.08. The molecule has 1 N–H and O–H groups in total. The van der Waals surface area contributed by atoms with E-state index < -0.39 is 10.0 Å². The van der Waals surface area contributed by atoms with Crippen molar-refractivity contribution < 1.29 is 8.42 Å². The number of nitrogens with one attached hydrogen (secondary N) is 1. The molecule has 1 aromatic carbocycles. The first-order valence-corrected chi connectivity index (χ1v) is 7.71. The van der Waals surface area contributed by atoms with Crippen LogP contribution in [0.1, 0.15) is 13.3 Å². The summed E-state index contributed by atoms with van der Waals surface area (Å²) in [5, 5.41) is 0.517. The average molecular weight is 317 g/mol. The van der Waals surface area contributed by atoms with E-state index in [4.69, 9.17) is 34.8 Å². The number of benzene rings is 1. The molecular weight excluding hydrogens is 305 g/mol. The molecule has 0 radical (unpaired) electrons. The minimum absolute atomic E-state index is 0.0791. The minimum atomic E-state index is -3.60. The van der Waals surface area contributed by atoms with Crippen LogP contribution < -0.4 is 4.72 Å². The topological polar surface area (TPSA) is 46.2 Å². The highest BCUT2D eigenvalue weighted by atomic mass is 35.5. The Bertz CT molecular complexity index is 486. The first-order chi connectivity index (χ1) is 7.90. The number of sulfonamides is 1. The quantitative estimate of drug-likeness (QED) is 0.847. The molecule has 0 aromatic heterocycles. The van der Waals surface area contributed by atoms with Crippen molar-refractivity contribution in [2.24, 2.45) is 0 Å². The molecule has 7 heteroatoms. The van der Waals surface area contributed by atoms with Gasteiger partial charge in [0, 0.05) is 11.9 Å². The number of rotatable bonds is 5. The standard InChI is InChI=1S/C10H12Cl3NO2S/c1-2-7(6-11)14-17(15,16)8-3-4-9(12)10(13)5-8/h3-5,7,14H,2,6H2,1H3. The molecule has 1 aromatic rings. The van der Waals surface area contributed by atoms with Crippen LogP contribution in [0.25, 0.3) is 0 Å². The smallest absolute Gasteiger partial charge is 0.207 e. The van der Waals surface area contributed by atoms with E-state index in [0.29, 0.717) is 11.4 Å². The predicted octanol–water partition coefficient (Wildman–Crippen LogP) is 3.29. The second-order valence-electron chi connectivity index (χ2n) is 3.46. The van der Waals surface area contributed by atoms with Crippen molar-refractivity contribution in [2.45, 2.75) is 24.3 Å². The molecule has 1 rings (SSSR count). The van der Waals surface area contributed by atoms with Gasteiger partial charge in [0.2, 0.25) is 10.0 Å². The van der Waals surface area contributed by atoms with Crippen molar-refractivity contribution in [3.8, 4) is 0 Å². The van der Waals surface area contributed by atoms with Crippen molar-refractivity contribution in [1.82, 2.24) is 4.72 Å². The van der Waals surface area contributed by atoms with Crippen LogP contribution in [-0.4, -0.2) is 20.3 Å². The summed E-state index contributed by atoms with van der Waals surface area (Å²) in [6.07, 6.45) is 0.615. The molecule has 1 atom stereocenters. The third-order valence-electron chi connectivity index (χ3n) is 2.20. The molecule has 0 amide bonds. The molecule has 0 saturated carbocycles. The first kappa shape index (κ1) is 15.1. The van der Waals surface area contributed by atoms with Crippen LogP contribution in [-0.2, 0) is 10.0 Å². The van der Waals surface area contributed by atoms with Gasteiger partial charge in [-0.05, 0) is 24.6 Å². The molecule has 0 spiro atoms. The third kappa shape index (κ3) is 4.00. The zero-order chi connectivity index (χ0) is 13.1. The van der Waals surface area contributed by atoms with Crippen LogP contribution in [0.4, 0.5) is 0 Å². The summed E-state index contributed by atoms with van der Waals surface area (Å²) in [5.74, 6) is 0.219. The Balaban J connectivity index is 3.01. The molecule has 1 unspecified atom stereocenters. The molecular formula is C10H12Cl3NO2S. The van der Waals surface area contributed by atoms with E-state index in [2.05, 4.69) is 4.72 Å². The maximum absolute atomic E-state index is 12.0. The van der Waals surface area contributed by atoms with Crippen molar-refractivity contribution in [3.63, 3.8) is 0 Å². The lowest BCUT2D eigenvalue weighted by Gasteiger charge is -2.14. The highest BCUT2D eigenvalue weighted by molar-refractivity contribution is 7.89. The highest BCUT2D eigenvalue weighted by Crippen LogP contribution is 2.24. The zero-order valence-corrected chi connectivity index (χ0v) is 12.2. The second kappa shape index (κ2) is 6.25. The van der Waals surface area contributed by atoms with Gasteiger partial charge in [-0.3, -0.25) is 0 Å². The number of hydrogen-bond donors (Lipinski definition) is 1. The van der Waals surface area contributed by atoms with E-state index in [-0.39, 0.29) is 21.8 Å². The van der Waals surface area contributed by atoms with E-state index in [0.717, 1.165) is 0 Å². The van der Waals surface area contributed by atoms with Gasteiger partial charge in [-0.15, -0.1) is 11.6 Å². The lowest BCUT2D eigenvalue weighted by molar-refractivity contribution is 0.557. The molecule has 3 nitrogen and oxygen atoms in total. The van der Waals surface area contributed by atoms with Crippen molar-refractivity contribution in [3.05, 3.63) is 28.2 Å². The van der Waals surface area contributed by atoms with Gasteiger partial charge in [0.15, 0.2) is 0 Å². The van der Waals surface area contributed by atoms with Gasteiger partial charge in [-0.1, -0.05) is 30.1 Å². The third-order valence-corrected chi connectivity index (χ3v) is 4.83. The Morgan fingerprint density at radius 3 is 2.41 bits per heavy atom.